The number of H-pyrrole nitrogens is 1. The van der Waals surface area contributed by atoms with E-state index in [-0.39, 0.29) is 29.9 Å². The van der Waals surface area contributed by atoms with Crippen molar-refractivity contribution in [3.63, 3.8) is 0 Å². The molecule has 3 N–H and O–H groups in total. The van der Waals surface area contributed by atoms with Crippen LogP contribution in [0.3, 0.4) is 0 Å². The van der Waals surface area contributed by atoms with E-state index < -0.39 is 5.97 Å². The second-order valence-corrected chi connectivity index (χ2v) is 8.00. The first-order valence-electron chi connectivity index (χ1n) is 9.10. The van der Waals surface area contributed by atoms with Crippen LogP contribution < -0.4 is 5.69 Å². The molecule has 2 heterocycles. The van der Waals surface area contributed by atoms with Crippen LogP contribution in [-0.2, 0) is 6.54 Å². The number of hydrogen-bond acceptors (Lipinski definition) is 3. The summed E-state index contributed by atoms with van der Waals surface area (Å²) in [6, 6.07) is 3.08. The SMILES string of the molecule is O=C(O)c1[nH]c2cc(Cl)cc(Cl)c2c1Cn1cc(O)n(C2CCCCC2)c1=O. The van der Waals surface area contributed by atoms with Crippen molar-refractivity contribution in [2.75, 3.05) is 0 Å². The molecule has 0 bridgehead atoms. The van der Waals surface area contributed by atoms with Crippen molar-refractivity contribution in [2.45, 2.75) is 44.7 Å². The van der Waals surface area contributed by atoms with Gasteiger partial charge in [0.25, 0.3) is 0 Å². The maximum atomic E-state index is 12.9. The summed E-state index contributed by atoms with van der Waals surface area (Å²) >= 11 is 12.3. The van der Waals surface area contributed by atoms with Crippen LogP contribution in [0.5, 0.6) is 5.88 Å². The number of rotatable bonds is 4. The highest BCUT2D eigenvalue weighted by Crippen LogP contribution is 2.34. The maximum Gasteiger partial charge on any atom is 0.352 e. The van der Waals surface area contributed by atoms with E-state index in [2.05, 4.69) is 4.98 Å². The Morgan fingerprint density at radius 1 is 1.21 bits per heavy atom. The smallest absolute Gasteiger partial charge is 0.352 e. The average molecular weight is 424 g/mol. The van der Waals surface area contributed by atoms with E-state index >= 15 is 0 Å². The molecule has 28 heavy (non-hydrogen) atoms. The van der Waals surface area contributed by atoms with Crippen LogP contribution in [0.1, 0.15) is 54.2 Å². The summed E-state index contributed by atoms with van der Waals surface area (Å²) in [7, 11) is 0. The number of imidazole rings is 1. The first-order valence-corrected chi connectivity index (χ1v) is 9.86. The number of fused-ring (bicyclic) bond motifs is 1. The van der Waals surface area contributed by atoms with Crippen molar-refractivity contribution in [1.29, 1.82) is 0 Å². The Morgan fingerprint density at radius 2 is 1.93 bits per heavy atom. The monoisotopic (exact) mass is 423 g/mol. The average Bonchev–Trinajstić information content (AvgIpc) is 3.13. The van der Waals surface area contributed by atoms with Gasteiger partial charge in [-0.25, -0.2) is 9.59 Å². The summed E-state index contributed by atoms with van der Waals surface area (Å²) in [4.78, 5) is 27.5. The van der Waals surface area contributed by atoms with Gasteiger partial charge in [-0.3, -0.25) is 9.13 Å². The zero-order valence-electron chi connectivity index (χ0n) is 14.9. The summed E-state index contributed by atoms with van der Waals surface area (Å²) in [5.74, 6) is -1.27. The maximum absolute atomic E-state index is 12.9. The van der Waals surface area contributed by atoms with Crippen LogP contribution in [0.4, 0.5) is 0 Å². The molecule has 0 saturated heterocycles. The van der Waals surface area contributed by atoms with Crippen molar-refractivity contribution in [1.82, 2.24) is 14.1 Å². The Kier molecular flexibility index (Phi) is 4.89. The summed E-state index contributed by atoms with van der Waals surface area (Å²) in [5.41, 5.74) is 0.428. The van der Waals surface area contributed by atoms with Crippen LogP contribution >= 0.6 is 23.2 Å². The van der Waals surface area contributed by atoms with E-state index in [0.29, 0.717) is 26.5 Å². The molecule has 1 aliphatic carbocycles. The Balaban J connectivity index is 1.82. The molecule has 3 aromatic rings. The summed E-state index contributed by atoms with van der Waals surface area (Å²) in [6.07, 6.45) is 6.20. The van der Waals surface area contributed by atoms with E-state index in [9.17, 15) is 19.8 Å². The summed E-state index contributed by atoms with van der Waals surface area (Å²) in [5, 5.41) is 21.1. The molecule has 0 amide bonds. The molecule has 1 aliphatic rings. The van der Waals surface area contributed by atoms with Gasteiger partial charge >= 0.3 is 11.7 Å². The third-order valence-electron chi connectivity index (χ3n) is 5.37. The van der Waals surface area contributed by atoms with Gasteiger partial charge in [0.2, 0.25) is 5.88 Å². The lowest BCUT2D eigenvalue weighted by Gasteiger charge is -2.22. The first-order chi connectivity index (χ1) is 13.4. The molecule has 2 aromatic heterocycles. The quantitative estimate of drug-likeness (QED) is 0.578. The molecule has 4 rings (SSSR count). The highest BCUT2D eigenvalue weighted by molar-refractivity contribution is 6.39. The minimum absolute atomic E-state index is 0.0326. The standard InChI is InChI=1S/C19H19Cl2N3O4/c20-10-6-13(21)16-12(17(18(26)27)22-14(16)7-10)8-23-9-15(25)24(19(23)28)11-4-2-1-3-5-11/h6-7,9,11,22,25H,1-5,8H2,(H,26,27). The second-order valence-electron chi connectivity index (χ2n) is 7.15. The van der Waals surface area contributed by atoms with Gasteiger partial charge in [0.05, 0.1) is 17.8 Å². The van der Waals surface area contributed by atoms with Gasteiger partial charge in [-0.15, -0.1) is 0 Å². The zero-order chi connectivity index (χ0) is 20.0. The number of carbonyl (C=O) groups is 1. The van der Waals surface area contributed by atoms with Crippen LogP contribution in [0.15, 0.2) is 23.1 Å². The Hall–Kier alpha value is -2.38. The van der Waals surface area contributed by atoms with Crippen molar-refractivity contribution in [3.8, 4) is 5.88 Å². The van der Waals surface area contributed by atoms with Gasteiger partial charge in [-0.2, -0.15) is 0 Å². The Morgan fingerprint density at radius 3 is 2.61 bits per heavy atom. The second kappa shape index (κ2) is 7.22. The van der Waals surface area contributed by atoms with E-state index in [1.807, 2.05) is 0 Å². The van der Waals surface area contributed by atoms with Crippen molar-refractivity contribution in [3.05, 3.63) is 50.1 Å². The number of nitrogens with zero attached hydrogens (tertiary/aromatic N) is 2. The van der Waals surface area contributed by atoms with Crippen LogP contribution in [-0.4, -0.2) is 30.3 Å². The summed E-state index contributed by atoms with van der Waals surface area (Å²) in [6.45, 7) is -0.0326. The number of carboxylic acid groups (broad SMARTS) is 1. The molecule has 0 spiro atoms. The molecule has 1 fully saturated rings. The fourth-order valence-corrected chi connectivity index (χ4v) is 4.72. The van der Waals surface area contributed by atoms with E-state index in [0.717, 1.165) is 32.1 Å². The number of halogens is 2. The molecular weight excluding hydrogens is 405 g/mol. The van der Waals surface area contributed by atoms with Crippen LogP contribution in [0.2, 0.25) is 10.0 Å². The lowest BCUT2D eigenvalue weighted by atomic mass is 9.95. The van der Waals surface area contributed by atoms with Gasteiger partial charge < -0.3 is 15.2 Å². The molecule has 0 aliphatic heterocycles. The highest BCUT2D eigenvalue weighted by Gasteiger charge is 2.25. The normalized spacial score (nSPS) is 15.4. The van der Waals surface area contributed by atoms with Gasteiger partial charge in [0.1, 0.15) is 5.69 Å². The number of hydrogen-bond donors (Lipinski definition) is 3. The molecule has 1 saturated carbocycles. The third-order valence-corrected chi connectivity index (χ3v) is 5.89. The fourth-order valence-electron chi connectivity index (χ4n) is 4.11. The third kappa shape index (κ3) is 3.18. The molecule has 9 heteroatoms. The van der Waals surface area contributed by atoms with Crippen LogP contribution in [0, 0.1) is 0 Å². The lowest BCUT2D eigenvalue weighted by molar-refractivity contribution is 0.0690. The van der Waals surface area contributed by atoms with E-state index in [4.69, 9.17) is 23.2 Å². The minimum Gasteiger partial charge on any atom is -0.493 e. The number of nitrogens with one attached hydrogen (secondary N) is 1. The van der Waals surface area contributed by atoms with E-state index in [1.54, 1.807) is 6.07 Å². The largest absolute Gasteiger partial charge is 0.493 e. The number of aromatic carboxylic acids is 1. The topological polar surface area (TPSA) is 100 Å². The number of benzene rings is 1. The predicted octanol–water partition coefficient (Wildman–Crippen LogP) is 4.40. The number of aromatic amines is 1. The fraction of sp³-hybridized carbons (Fsp3) is 0.368. The highest BCUT2D eigenvalue weighted by atomic mass is 35.5. The van der Waals surface area contributed by atoms with Crippen molar-refractivity contribution in [2.24, 2.45) is 0 Å². The molecule has 148 valence electrons. The molecule has 1 aromatic carbocycles. The predicted molar refractivity (Wildman–Crippen MR) is 107 cm³/mol. The number of aromatic hydroxyl groups is 1. The van der Waals surface area contributed by atoms with Gasteiger partial charge in [0.15, 0.2) is 0 Å². The number of carboxylic acids is 1. The molecule has 0 atom stereocenters. The number of aromatic nitrogens is 3. The van der Waals surface area contributed by atoms with Crippen molar-refractivity contribution >= 4 is 40.1 Å². The van der Waals surface area contributed by atoms with Gasteiger partial charge in [-0.05, 0) is 25.0 Å². The minimum atomic E-state index is -1.16. The van der Waals surface area contributed by atoms with Crippen molar-refractivity contribution < 1.29 is 15.0 Å². The Bertz CT molecular complexity index is 1120. The van der Waals surface area contributed by atoms with E-state index in [1.165, 1.54) is 21.4 Å². The van der Waals surface area contributed by atoms with Gasteiger partial charge in [0, 0.05) is 27.5 Å². The Labute approximate surface area is 170 Å². The summed E-state index contributed by atoms with van der Waals surface area (Å²) < 4.78 is 2.73. The first kappa shape index (κ1) is 19.0. The molecule has 0 radical (unpaired) electrons. The molecular formula is C19H19Cl2N3O4. The lowest BCUT2D eigenvalue weighted by Crippen LogP contribution is -2.29. The molecule has 0 unspecified atom stereocenters. The van der Waals surface area contributed by atoms with Crippen LogP contribution in [0.25, 0.3) is 10.9 Å². The van der Waals surface area contributed by atoms with Gasteiger partial charge in [-0.1, -0.05) is 42.5 Å². The molecule has 7 nitrogen and oxygen atoms in total. The zero-order valence-corrected chi connectivity index (χ0v) is 16.4.